The zero-order valence-electron chi connectivity index (χ0n) is 19.3. The summed E-state index contributed by atoms with van der Waals surface area (Å²) >= 11 is 0. The lowest BCUT2D eigenvalue weighted by molar-refractivity contribution is 0.660. The Kier molecular flexibility index (Phi) is 7.77. The molecule has 4 rings (SSSR count). The molecular formula is C28H33N3. The zero-order chi connectivity index (χ0) is 22.2. The summed E-state index contributed by atoms with van der Waals surface area (Å²) in [7, 11) is 0. The Labute approximate surface area is 186 Å². The minimum atomic E-state index is 0.529. The third-order valence-corrected chi connectivity index (χ3v) is 5.38. The van der Waals surface area contributed by atoms with Crippen LogP contribution in [0.2, 0.25) is 0 Å². The second-order valence-corrected chi connectivity index (χ2v) is 8.39. The molecule has 0 N–H and O–H groups in total. The van der Waals surface area contributed by atoms with Crippen LogP contribution in [0.5, 0.6) is 0 Å². The molecule has 160 valence electrons. The van der Waals surface area contributed by atoms with Crippen LogP contribution in [0.1, 0.15) is 57.6 Å². The zero-order valence-corrected chi connectivity index (χ0v) is 19.3. The molecule has 0 aliphatic carbocycles. The molecule has 0 aliphatic heterocycles. The summed E-state index contributed by atoms with van der Waals surface area (Å²) in [6.07, 6.45) is 7.89. The number of pyridine rings is 1. The van der Waals surface area contributed by atoms with Crippen LogP contribution in [0, 0.1) is 0 Å². The molecule has 3 nitrogen and oxygen atoms in total. The second kappa shape index (κ2) is 10.7. The van der Waals surface area contributed by atoms with Gasteiger partial charge in [-0.05, 0) is 47.1 Å². The molecule has 3 heteroatoms. The van der Waals surface area contributed by atoms with Gasteiger partial charge in [0.25, 0.3) is 0 Å². The third kappa shape index (κ3) is 6.14. The summed E-state index contributed by atoms with van der Waals surface area (Å²) in [5.41, 5.74) is 7.54. The molecule has 0 unspecified atom stereocenters. The van der Waals surface area contributed by atoms with Gasteiger partial charge >= 0.3 is 0 Å². The molecule has 0 fully saturated rings. The lowest BCUT2D eigenvalue weighted by Gasteiger charge is -2.07. The monoisotopic (exact) mass is 411 g/mol. The lowest BCUT2D eigenvalue weighted by atomic mass is 9.99. The predicted octanol–water partition coefficient (Wildman–Crippen LogP) is 7.57. The number of nitrogens with zero attached hydrogens (tertiary/aromatic N) is 3. The Hall–Kier alpha value is -3.20. The van der Waals surface area contributed by atoms with E-state index < -0.39 is 0 Å². The fourth-order valence-electron chi connectivity index (χ4n) is 3.32. The third-order valence-electron chi connectivity index (χ3n) is 5.38. The van der Waals surface area contributed by atoms with Gasteiger partial charge in [-0.25, -0.2) is 0 Å². The van der Waals surface area contributed by atoms with Gasteiger partial charge in [0.2, 0.25) is 0 Å². The SMILES string of the molecule is CC(C)c1cncc(-c2ccccc2)c1.CCn1cc(-c2cccc(C(C)C)c2)cn1. The van der Waals surface area contributed by atoms with Crippen LogP contribution in [0.3, 0.4) is 0 Å². The fourth-order valence-corrected chi connectivity index (χ4v) is 3.32. The maximum absolute atomic E-state index is 4.30. The molecule has 0 bridgehead atoms. The topological polar surface area (TPSA) is 30.7 Å². The van der Waals surface area contributed by atoms with E-state index in [-0.39, 0.29) is 0 Å². The minimum absolute atomic E-state index is 0.529. The smallest absolute Gasteiger partial charge is 0.0568 e. The van der Waals surface area contributed by atoms with Gasteiger partial charge in [-0.15, -0.1) is 0 Å². The lowest BCUT2D eigenvalue weighted by Crippen LogP contribution is -1.92. The average Bonchev–Trinajstić information content (AvgIpc) is 3.30. The first-order valence-corrected chi connectivity index (χ1v) is 11.1. The molecule has 4 aromatic rings. The summed E-state index contributed by atoms with van der Waals surface area (Å²) in [6, 6.07) is 21.3. The summed E-state index contributed by atoms with van der Waals surface area (Å²) in [6.45, 7) is 11.8. The number of hydrogen-bond acceptors (Lipinski definition) is 2. The van der Waals surface area contributed by atoms with Crippen molar-refractivity contribution in [2.75, 3.05) is 0 Å². The molecular weight excluding hydrogens is 378 g/mol. The molecule has 0 aliphatic rings. The van der Waals surface area contributed by atoms with E-state index in [9.17, 15) is 0 Å². The van der Waals surface area contributed by atoms with Gasteiger partial charge in [0.15, 0.2) is 0 Å². The van der Waals surface area contributed by atoms with E-state index in [4.69, 9.17) is 0 Å². The van der Waals surface area contributed by atoms with E-state index in [2.05, 4.69) is 105 Å². The maximum atomic E-state index is 4.30. The fraction of sp³-hybridized carbons (Fsp3) is 0.286. The van der Waals surface area contributed by atoms with Gasteiger partial charge < -0.3 is 0 Å². The predicted molar refractivity (Wildman–Crippen MR) is 131 cm³/mol. The van der Waals surface area contributed by atoms with Crippen molar-refractivity contribution >= 4 is 0 Å². The highest BCUT2D eigenvalue weighted by molar-refractivity contribution is 5.63. The van der Waals surface area contributed by atoms with Crippen LogP contribution >= 0.6 is 0 Å². The van der Waals surface area contributed by atoms with E-state index in [1.807, 2.05) is 29.3 Å². The van der Waals surface area contributed by atoms with Crippen LogP contribution in [-0.4, -0.2) is 14.8 Å². The van der Waals surface area contributed by atoms with Crippen LogP contribution in [-0.2, 0) is 6.54 Å². The van der Waals surface area contributed by atoms with Gasteiger partial charge in [0.1, 0.15) is 0 Å². The molecule has 0 spiro atoms. The van der Waals surface area contributed by atoms with E-state index >= 15 is 0 Å². The molecule has 2 aromatic heterocycles. The highest BCUT2D eigenvalue weighted by Crippen LogP contribution is 2.24. The Morgan fingerprint density at radius 3 is 2.00 bits per heavy atom. The Morgan fingerprint density at radius 2 is 1.35 bits per heavy atom. The molecule has 0 saturated heterocycles. The molecule has 0 amide bonds. The van der Waals surface area contributed by atoms with Crippen molar-refractivity contribution in [3.63, 3.8) is 0 Å². The average molecular weight is 412 g/mol. The number of aryl methyl sites for hydroxylation is 1. The van der Waals surface area contributed by atoms with Crippen LogP contribution in [0.4, 0.5) is 0 Å². The van der Waals surface area contributed by atoms with E-state index in [1.165, 1.54) is 33.4 Å². The quantitative estimate of drug-likeness (QED) is 0.339. The minimum Gasteiger partial charge on any atom is -0.272 e. The summed E-state index contributed by atoms with van der Waals surface area (Å²) in [4.78, 5) is 4.28. The van der Waals surface area contributed by atoms with Crippen LogP contribution in [0.25, 0.3) is 22.3 Å². The summed E-state index contributed by atoms with van der Waals surface area (Å²) < 4.78 is 1.96. The van der Waals surface area contributed by atoms with Crippen molar-refractivity contribution in [2.45, 2.75) is 53.0 Å². The second-order valence-electron chi connectivity index (χ2n) is 8.39. The van der Waals surface area contributed by atoms with Gasteiger partial charge in [-0.2, -0.15) is 5.10 Å². The van der Waals surface area contributed by atoms with Crippen molar-refractivity contribution in [3.8, 4) is 22.3 Å². The van der Waals surface area contributed by atoms with Crippen molar-refractivity contribution < 1.29 is 0 Å². The first-order valence-electron chi connectivity index (χ1n) is 11.1. The van der Waals surface area contributed by atoms with E-state index in [1.54, 1.807) is 0 Å². The highest BCUT2D eigenvalue weighted by atomic mass is 15.3. The van der Waals surface area contributed by atoms with Crippen molar-refractivity contribution in [1.29, 1.82) is 0 Å². The van der Waals surface area contributed by atoms with Crippen molar-refractivity contribution in [1.82, 2.24) is 14.8 Å². The Morgan fingerprint density at radius 1 is 0.677 bits per heavy atom. The number of hydrogen-bond donors (Lipinski definition) is 0. The molecule has 2 heterocycles. The molecule has 31 heavy (non-hydrogen) atoms. The van der Waals surface area contributed by atoms with Crippen LogP contribution < -0.4 is 0 Å². The van der Waals surface area contributed by atoms with Gasteiger partial charge in [0.05, 0.1) is 6.20 Å². The molecule has 0 radical (unpaired) electrons. The number of rotatable bonds is 5. The molecule has 2 aromatic carbocycles. The summed E-state index contributed by atoms with van der Waals surface area (Å²) in [5.74, 6) is 1.10. The molecule has 0 atom stereocenters. The largest absolute Gasteiger partial charge is 0.272 e. The van der Waals surface area contributed by atoms with Gasteiger partial charge in [0, 0.05) is 36.3 Å². The summed E-state index contributed by atoms with van der Waals surface area (Å²) in [5, 5.41) is 4.30. The Balaban J connectivity index is 0.000000176. The number of benzene rings is 2. The highest BCUT2D eigenvalue weighted by Gasteiger charge is 2.04. The maximum Gasteiger partial charge on any atom is 0.0568 e. The first kappa shape index (κ1) is 22.5. The van der Waals surface area contributed by atoms with Crippen molar-refractivity contribution in [3.05, 3.63) is 96.6 Å². The number of aromatic nitrogens is 3. The van der Waals surface area contributed by atoms with E-state index in [0.717, 1.165) is 6.54 Å². The normalized spacial score (nSPS) is 10.8. The van der Waals surface area contributed by atoms with Gasteiger partial charge in [-0.3, -0.25) is 9.67 Å². The first-order chi connectivity index (χ1) is 15.0. The standard InChI is InChI=1S/C14H18N2.C14H15N/c1-4-16-10-14(9-15-16)13-7-5-6-12(8-13)11(2)3;1-11(2)13-8-14(10-15-9-13)12-6-4-3-5-7-12/h5-11H,4H2,1-3H3;3-11H,1-2H3. The van der Waals surface area contributed by atoms with Crippen molar-refractivity contribution in [2.24, 2.45) is 0 Å². The van der Waals surface area contributed by atoms with Gasteiger partial charge in [-0.1, -0.05) is 82.3 Å². The Bertz CT molecular complexity index is 1080. The molecule has 0 saturated carbocycles. The van der Waals surface area contributed by atoms with E-state index in [0.29, 0.717) is 11.8 Å². The van der Waals surface area contributed by atoms with Crippen LogP contribution in [0.15, 0.2) is 85.5 Å².